The summed E-state index contributed by atoms with van der Waals surface area (Å²) in [6.45, 7) is 4.84. The normalized spacial score (nSPS) is 11.5. The molecule has 0 amide bonds. The van der Waals surface area contributed by atoms with Crippen LogP contribution in [-0.4, -0.2) is 11.7 Å². The molecule has 0 aliphatic heterocycles. The Kier molecular flexibility index (Phi) is 2.84. The summed E-state index contributed by atoms with van der Waals surface area (Å²) in [6.07, 6.45) is 0. The minimum Gasteiger partial charge on any atom is -0.460 e. The first kappa shape index (κ1) is 9.51. The predicted molar refractivity (Wildman–Crippen MR) is 47.4 cm³/mol. The van der Waals surface area contributed by atoms with Gasteiger partial charge in [-0.2, -0.15) is 0 Å². The molecule has 0 saturated heterocycles. The molecule has 1 aromatic rings. The summed E-state index contributed by atoms with van der Waals surface area (Å²) in [5.41, 5.74) is 0.545. The number of nitrogens with zero attached hydrogens (tertiary/aromatic N) is 1. The molecule has 4 heteroatoms. The second kappa shape index (κ2) is 3.89. The fourth-order valence-corrected chi connectivity index (χ4v) is 0.807. The van der Waals surface area contributed by atoms with Crippen molar-refractivity contribution in [2.75, 3.05) is 0 Å². The third-order valence-corrected chi connectivity index (χ3v) is 1.41. The van der Waals surface area contributed by atoms with Crippen LogP contribution in [0.4, 0.5) is 0 Å². The molecule has 70 valence electrons. The minimum absolute atomic E-state index is 0.442. The van der Waals surface area contributed by atoms with Gasteiger partial charge in [0.05, 0.1) is 0 Å². The van der Waals surface area contributed by atoms with Gasteiger partial charge in [-0.15, -0.1) is 0 Å². The molecule has 1 heterocycles. The Hall–Kier alpha value is -1.58. The number of hydrogen-bond acceptors (Lipinski definition) is 4. The number of oxime groups is 1. The molecule has 1 aromatic heterocycles. The van der Waals surface area contributed by atoms with Gasteiger partial charge in [0, 0.05) is 6.92 Å². The zero-order chi connectivity index (χ0) is 9.84. The van der Waals surface area contributed by atoms with E-state index in [9.17, 15) is 4.79 Å². The summed E-state index contributed by atoms with van der Waals surface area (Å²) in [5.74, 6) is 0.966. The van der Waals surface area contributed by atoms with Crippen LogP contribution in [0.3, 0.4) is 0 Å². The first-order valence-corrected chi connectivity index (χ1v) is 3.88. The maximum atomic E-state index is 10.4. The van der Waals surface area contributed by atoms with Crippen LogP contribution >= 0.6 is 0 Å². The van der Waals surface area contributed by atoms with Gasteiger partial charge in [0.25, 0.3) is 0 Å². The Morgan fingerprint density at radius 2 is 2.15 bits per heavy atom. The lowest BCUT2D eigenvalue weighted by Crippen LogP contribution is -1.97. The third-order valence-electron chi connectivity index (χ3n) is 1.41. The standard InChI is InChI=1S/C9H11NO3/c1-6-4-5-9(12-6)7(2)10-13-8(3)11/h4-5H,1-3H3/b10-7+. The number of carbonyl (C=O) groups is 1. The molecular weight excluding hydrogens is 170 g/mol. The Balaban J connectivity index is 2.72. The maximum Gasteiger partial charge on any atom is 0.331 e. The van der Waals surface area contributed by atoms with Crippen molar-refractivity contribution in [3.63, 3.8) is 0 Å². The summed E-state index contributed by atoms with van der Waals surface area (Å²) in [5, 5.41) is 3.58. The van der Waals surface area contributed by atoms with Gasteiger partial charge in [-0.3, -0.25) is 0 Å². The lowest BCUT2D eigenvalue weighted by Gasteiger charge is -1.94. The van der Waals surface area contributed by atoms with Crippen molar-refractivity contribution in [3.8, 4) is 0 Å². The quantitative estimate of drug-likeness (QED) is 0.397. The Bertz CT molecular complexity index is 338. The topological polar surface area (TPSA) is 51.8 Å². The molecular formula is C9H11NO3. The van der Waals surface area contributed by atoms with Crippen LogP contribution in [0.1, 0.15) is 25.4 Å². The largest absolute Gasteiger partial charge is 0.460 e. The summed E-state index contributed by atoms with van der Waals surface area (Å²) in [4.78, 5) is 14.9. The summed E-state index contributed by atoms with van der Waals surface area (Å²) in [6, 6.07) is 3.60. The molecule has 13 heavy (non-hydrogen) atoms. The summed E-state index contributed by atoms with van der Waals surface area (Å²) < 4.78 is 5.26. The second-order valence-electron chi connectivity index (χ2n) is 2.67. The van der Waals surface area contributed by atoms with Crippen molar-refractivity contribution in [3.05, 3.63) is 23.7 Å². The first-order valence-electron chi connectivity index (χ1n) is 3.88. The van der Waals surface area contributed by atoms with Gasteiger partial charge < -0.3 is 9.25 Å². The van der Waals surface area contributed by atoms with E-state index in [-0.39, 0.29) is 0 Å². The molecule has 0 spiro atoms. The van der Waals surface area contributed by atoms with Gasteiger partial charge in [0.2, 0.25) is 0 Å². The smallest absolute Gasteiger partial charge is 0.331 e. The number of hydrogen-bond donors (Lipinski definition) is 0. The van der Waals surface area contributed by atoms with Crippen molar-refractivity contribution in [1.82, 2.24) is 0 Å². The molecule has 0 atom stereocenters. The van der Waals surface area contributed by atoms with Crippen molar-refractivity contribution in [1.29, 1.82) is 0 Å². The van der Waals surface area contributed by atoms with Crippen molar-refractivity contribution in [2.24, 2.45) is 5.16 Å². The third kappa shape index (κ3) is 2.74. The van der Waals surface area contributed by atoms with E-state index >= 15 is 0 Å². The van der Waals surface area contributed by atoms with E-state index in [0.717, 1.165) is 5.76 Å². The van der Waals surface area contributed by atoms with Crippen LogP contribution in [0, 0.1) is 6.92 Å². The highest BCUT2D eigenvalue weighted by molar-refractivity contribution is 5.96. The van der Waals surface area contributed by atoms with Crippen LogP contribution < -0.4 is 0 Å². The van der Waals surface area contributed by atoms with Crippen LogP contribution in [0.5, 0.6) is 0 Å². The monoisotopic (exact) mass is 181 g/mol. The number of furan rings is 1. The van der Waals surface area contributed by atoms with E-state index in [1.165, 1.54) is 6.92 Å². The highest BCUT2D eigenvalue weighted by Gasteiger charge is 2.03. The van der Waals surface area contributed by atoms with Crippen LogP contribution in [0.25, 0.3) is 0 Å². The van der Waals surface area contributed by atoms with E-state index in [4.69, 9.17) is 4.42 Å². The fourth-order valence-electron chi connectivity index (χ4n) is 0.807. The molecule has 0 aliphatic rings. The van der Waals surface area contributed by atoms with E-state index < -0.39 is 5.97 Å². The van der Waals surface area contributed by atoms with Gasteiger partial charge in [-0.25, -0.2) is 4.79 Å². The van der Waals surface area contributed by atoms with Crippen molar-refractivity contribution in [2.45, 2.75) is 20.8 Å². The minimum atomic E-state index is -0.442. The number of aryl methyl sites for hydroxylation is 1. The lowest BCUT2D eigenvalue weighted by atomic mass is 10.3. The molecule has 0 aromatic carbocycles. The fraction of sp³-hybridized carbons (Fsp3) is 0.333. The Morgan fingerprint density at radius 1 is 1.46 bits per heavy atom. The maximum absolute atomic E-state index is 10.4. The zero-order valence-corrected chi connectivity index (χ0v) is 7.83. The van der Waals surface area contributed by atoms with E-state index in [1.807, 2.05) is 13.0 Å². The molecule has 0 fully saturated rings. The SMILES string of the molecule is CC(=O)O/N=C(\C)c1ccc(C)o1. The molecule has 0 aliphatic carbocycles. The van der Waals surface area contributed by atoms with Crippen LogP contribution in [0.15, 0.2) is 21.7 Å². The molecule has 0 N–H and O–H groups in total. The zero-order valence-electron chi connectivity index (χ0n) is 7.83. The summed E-state index contributed by atoms with van der Waals surface area (Å²) in [7, 11) is 0. The molecule has 0 unspecified atom stereocenters. The number of rotatable bonds is 2. The second-order valence-corrected chi connectivity index (χ2v) is 2.67. The Morgan fingerprint density at radius 3 is 2.62 bits per heavy atom. The van der Waals surface area contributed by atoms with E-state index in [2.05, 4.69) is 9.99 Å². The van der Waals surface area contributed by atoms with Crippen LogP contribution in [0.2, 0.25) is 0 Å². The van der Waals surface area contributed by atoms with Gasteiger partial charge >= 0.3 is 5.97 Å². The van der Waals surface area contributed by atoms with Gasteiger partial charge in [0.15, 0.2) is 5.76 Å². The van der Waals surface area contributed by atoms with Crippen molar-refractivity contribution < 1.29 is 14.0 Å². The molecule has 4 nitrogen and oxygen atoms in total. The average molecular weight is 181 g/mol. The van der Waals surface area contributed by atoms with Crippen LogP contribution in [-0.2, 0) is 9.63 Å². The highest BCUT2D eigenvalue weighted by atomic mass is 16.7. The van der Waals surface area contributed by atoms with Gasteiger partial charge in [-0.05, 0) is 26.0 Å². The van der Waals surface area contributed by atoms with Crippen molar-refractivity contribution >= 4 is 11.7 Å². The lowest BCUT2D eigenvalue weighted by molar-refractivity contribution is -0.140. The molecule has 0 bridgehead atoms. The van der Waals surface area contributed by atoms with Gasteiger partial charge in [-0.1, -0.05) is 5.16 Å². The molecule has 1 rings (SSSR count). The van der Waals surface area contributed by atoms with E-state index in [0.29, 0.717) is 11.5 Å². The van der Waals surface area contributed by atoms with Gasteiger partial charge in [0.1, 0.15) is 11.5 Å². The highest BCUT2D eigenvalue weighted by Crippen LogP contribution is 2.07. The molecule has 0 radical (unpaired) electrons. The molecule has 0 saturated carbocycles. The number of carbonyl (C=O) groups excluding carboxylic acids is 1. The first-order chi connectivity index (χ1) is 6.09. The predicted octanol–water partition coefficient (Wildman–Crippen LogP) is 1.88. The summed E-state index contributed by atoms with van der Waals surface area (Å²) >= 11 is 0. The average Bonchev–Trinajstić information content (AvgIpc) is 2.47. The van der Waals surface area contributed by atoms with E-state index in [1.54, 1.807) is 13.0 Å². The Labute approximate surface area is 76.2 Å².